The molecule has 2 amide bonds. The molecule has 1 aromatic carbocycles. The molecular weight excluding hydrogens is 318 g/mol. The number of nitrogens with zero attached hydrogens (tertiary/aromatic N) is 2. The second-order valence-electron chi connectivity index (χ2n) is 6.15. The third-order valence-corrected chi connectivity index (χ3v) is 4.64. The van der Waals surface area contributed by atoms with Crippen molar-refractivity contribution in [2.75, 3.05) is 32.8 Å². The minimum atomic E-state index is -0.931. The summed E-state index contributed by atoms with van der Waals surface area (Å²) in [5, 5.41) is 0. The molecule has 5 nitrogen and oxygen atoms in total. The molecule has 0 spiro atoms. The van der Waals surface area contributed by atoms with Crippen LogP contribution in [-0.2, 0) is 14.3 Å². The Bertz CT molecular complexity index is 653. The van der Waals surface area contributed by atoms with Crippen LogP contribution in [0.3, 0.4) is 0 Å². The van der Waals surface area contributed by atoms with Crippen molar-refractivity contribution in [1.29, 1.82) is 0 Å². The molecule has 0 N–H and O–H groups in total. The molecule has 7 heteroatoms. The van der Waals surface area contributed by atoms with Crippen LogP contribution in [0.25, 0.3) is 0 Å². The monoisotopic (exact) mass is 338 g/mol. The summed E-state index contributed by atoms with van der Waals surface area (Å²) in [6, 6.07) is 3.63. The summed E-state index contributed by atoms with van der Waals surface area (Å²) < 4.78 is 32.1. The van der Waals surface area contributed by atoms with Crippen LogP contribution < -0.4 is 0 Å². The van der Waals surface area contributed by atoms with Gasteiger partial charge in [0.15, 0.2) is 11.6 Å². The van der Waals surface area contributed by atoms with Gasteiger partial charge < -0.3 is 14.5 Å². The highest BCUT2D eigenvalue weighted by Gasteiger charge is 2.37. The van der Waals surface area contributed by atoms with Crippen molar-refractivity contribution >= 4 is 11.8 Å². The van der Waals surface area contributed by atoms with Gasteiger partial charge >= 0.3 is 0 Å². The smallest absolute Gasteiger partial charge is 0.228 e. The fraction of sp³-hybridized carbons (Fsp3) is 0.529. The molecule has 2 heterocycles. The van der Waals surface area contributed by atoms with Gasteiger partial charge in [-0.2, -0.15) is 0 Å². The van der Waals surface area contributed by atoms with Gasteiger partial charge in [0.25, 0.3) is 0 Å². The highest BCUT2D eigenvalue weighted by molar-refractivity contribution is 5.89. The molecule has 0 bridgehead atoms. The lowest BCUT2D eigenvalue weighted by molar-refractivity contribution is -0.143. The molecule has 24 heavy (non-hydrogen) atoms. The molecule has 2 saturated heterocycles. The van der Waals surface area contributed by atoms with Crippen LogP contribution in [0.4, 0.5) is 8.78 Å². The molecule has 3 rings (SSSR count). The number of morpholine rings is 1. The quantitative estimate of drug-likeness (QED) is 0.843. The zero-order chi connectivity index (χ0) is 17.3. The van der Waals surface area contributed by atoms with E-state index in [1.807, 2.05) is 6.92 Å². The SMILES string of the molecule is CCN1C[C@H](C(=O)N2CCO[C@@H](c3ccc(F)c(F)c3)C2)CC1=O. The average molecular weight is 338 g/mol. The summed E-state index contributed by atoms with van der Waals surface area (Å²) >= 11 is 0. The number of ether oxygens (including phenoxy) is 1. The third kappa shape index (κ3) is 3.26. The van der Waals surface area contributed by atoms with Crippen LogP contribution in [0.2, 0.25) is 0 Å². The van der Waals surface area contributed by atoms with Crippen LogP contribution in [0.5, 0.6) is 0 Å². The highest BCUT2D eigenvalue weighted by atomic mass is 19.2. The lowest BCUT2D eigenvalue weighted by atomic mass is 10.0. The second kappa shape index (κ2) is 6.84. The molecular formula is C17H20F2N2O3. The summed E-state index contributed by atoms with van der Waals surface area (Å²) in [5.41, 5.74) is 0.504. The van der Waals surface area contributed by atoms with Crippen LogP contribution in [-0.4, -0.2) is 54.4 Å². The van der Waals surface area contributed by atoms with E-state index in [1.165, 1.54) is 6.07 Å². The molecule has 0 radical (unpaired) electrons. The summed E-state index contributed by atoms with van der Waals surface area (Å²) in [6.45, 7) is 3.98. The molecule has 0 aliphatic carbocycles. The average Bonchev–Trinajstić information content (AvgIpc) is 2.97. The number of hydrogen-bond donors (Lipinski definition) is 0. The number of rotatable bonds is 3. The van der Waals surface area contributed by atoms with Gasteiger partial charge in [0.05, 0.1) is 19.1 Å². The van der Waals surface area contributed by atoms with Crippen molar-refractivity contribution in [3.8, 4) is 0 Å². The first kappa shape index (κ1) is 16.8. The molecule has 130 valence electrons. The molecule has 0 aromatic heterocycles. The Morgan fingerprint density at radius 2 is 2.08 bits per heavy atom. The minimum absolute atomic E-state index is 0.00117. The molecule has 1 aromatic rings. The van der Waals surface area contributed by atoms with Crippen molar-refractivity contribution in [3.63, 3.8) is 0 Å². The topological polar surface area (TPSA) is 49.9 Å². The first-order chi connectivity index (χ1) is 11.5. The summed E-state index contributed by atoms with van der Waals surface area (Å²) in [7, 11) is 0. The van der Waals surface area contributed by atoms with Gasteiger partial charge in [-0.1, -0.05) is 6.07 Å². The van der Waals surface area contributed by atoms with Crippen molar-refractivity contribution in [2.45, 2.75) is 19.4 Å². The first-order valence-electron chi connectivity index (χ1n) is 8.12. The molecule has 2 aliphatic rings. The van der Waals surface area contributed by atoms with Gasteiger partial charge in [-0.05, 0) is 24.6 Å². The van der Waals surface area contributed by atoms with Crippen LogP contribution in [0.15, 0.2) is 18.2 Å². The Labute approximate surface area is 139 Å². The minimum Gasteiger partial charge on any atom is -0.370 e. The molecule has 2 atom stereocenters. The maximum atomic E-state index is 13.4. The normalized spacial score (nSPS) is 24.5. The van der Waals surface area contributed by atoms with Crippen molar-refractivity contribution in [3.05, 3.63) is 35.4 Å². The van der Waals surface area contributed by atoms with Gasteiger partial charge in [0.2, 0.25) is 11.8 Å². The number of halogens is 2. The first-order valence-corrected chi connectivity index (χ1v) is 8.12. The van der Waals surface area contributed by atoms with Gasteiger partial charge in [-0.15, -0.1) is 0 Å². The lowest BCUT2D eigenvalue weighted by Gasteiger charge is -2.34. The van der Waals surface area contributed by atoms with Gasteiger partial charge in [-0.25, -0.2) is 8.78 Å². The Kier molecular flexibility index (Phi) is 4.80. The number of carbonyl (C=O) groups is 2. The number of amides is 2. The third-order valence-electron chi connectivity index (χ3n) is 4.64. The van der Waals surface area contributed by atoms with Gasteiger partial charge in [-0.3, -0.25) is 9.59 Å². The standard InChI is InChI=1S/C17H20F2N2O3/c1-2-20-9-12(8-16(20)22)17(23)21-5-6-24-15(10-21)11-3-4-13(18)14(19)7-11/h3-4,7,12,15H,2,5-6,8-10H2,1H3/t12-,15-/m1/s1. The van der Waals surface area contributed by atoms with E-state index >= 15 is 0 Å². The number of likely N-dealkylation sites (tertiary alicyclic amines) is 1. The van der Waals surface area contributed by atoms with Crippen molar-refractivity contribution < 1.29 is 23.1 Å². The van der Waals surface area contributed by atoms with E-state index in [0.29, 0.717) is 31.8 Å². The van der Waals surface area contributed by atoms with Crippen LogP contribution in [0.1, 0.15) is 25.0 Å². The van der Waals surface area contributed by atoms with E-state index in [-0.39, 0.29) is 30.7 Å². The Morgan fingerprint density at radius 3 is 2.75 bits per heavy atom. The van der Waals surface area contributed by atoms with Crippen molar-refractivity contribution in [1.82, 2.24) is 9.80 Å². The Hall–Kier alpha value is -2.02. The summed E-state index contributed by atoms with van der Waals surface area (Å²) in [6.07, 6.45) is -0.253. The molecule has 0 saturated carbocycles. The number of benzene rings is 1. The van der Waals surface area contributed by atoms with E-state index in [4.69, 9.17) is 4.74 Å². The summed E-state index contributed by atoms with van der Waals surface area (Å²) in [4.78, 5) is 27.8. The fourth-order valence-electron chi connectivity index (χ4n) is 3.27. The predicted octanol–water partition coefficient (Wildman–Crippen LogP) is 1.73. The summed E-state index contributed by atoms with van der Waals surface area (Å²) in [5.74, 6) is -2.25. The Balaban J connectivity index is 1.68. The number of hydrogen-bond acceptors (Lipinski definition) is 3. The zero-order valence-electron chi connectivity index (χ0n) is 13.5. The van der Waals surface area contributed by atoms with Gasteiger partial charge in [0.1, 0.15) is 6.10 Å². The Morgan fingerprint density at radius 1 is 1.29 bits per heavy atom. The molecule has 2 fully saturated rings. The maximum absolute atomic E-state index is 13.4. The van der Waals surface area contributed by atoms with Crippen LogP contribution in [0, 0.1) is 17.6 Å². The largest absolute Gasteiger partial charge is 0.370 e. The van der Waals surface area contributed by atoms with E-state index < -0.39 is 17.7 Å². The maximum Gasteiger partial charge on any atom is 0.228 e. The van der Waals surface area contributed by atoms with Crippen molar-refractivity contribution in [2.24, 2.45) is 5.92 Å². The van der Waals surface area contributed by atoms with E-state index in [0.717, 1.165) is 12.1 Å². The molecule has 2 aliphatic heterocycles. The van der Waals surface area contributed by atoms with Gasteiger partial charge in [0, 0.05) is 26.1 Å². The molecule has 0 unspecified atom stereocenters. The van der Waals surface area contributed by atoms with E-state index in [1.54, 1.807) is 9.80 Å². The predicted molar refractivity (Wildman–Crippen MR) is 82.0 cm³/mol. The number of carbonyl (C=O) groups excluding carboxylic acids is 2. The fourth-order valence-corrected chi connectivity index (χ4v) is 3.27. The van der Waals surface area contributed by atoms with E-state index in [9.17, 15) is 18.4 Å². The van der Waals surface area contributed by atoms with E-state index in [2.05, 4.69) is 0 Å². The second-order valence-corrected chi connectivity index (χ2v) is 6.15. The van der Waals surface area contributed by atoms with Crippen LogP contribution >= 0.6 is 0 Å². The highest BCUT2D eigenvalue weighted by Crippen LogP contribution is 2.26. The lowest BCUT2D eigenvalue weighted by Crippen LogP contribution is -2.45. The zero-order valence-corrected chi connectivity index (χ0v) is 13.5.